The Labute approximate surface area is 104 Å². The first kappa shape index (κ1) is 14.0. The monoisotopic (exact) mass is 257 g/mol. The molecule has 0 heterocycles. The van der Waals surface area contributed by atoms with Crippen LogP contribution < -0.4 is 5.26 Å². The Morgan fingerprint density at radius 1 is 1.24 bits per heavy atom. The summed E-state index contributed by atoms with van der Waals surface area (Å²) in [6.45, 7) is 5.40. The molecule has 0 saturated heterocycles. The van der Waals surface area contributed by atoms with E-state index in [0.717, 1.165) is 12.0 Å². The molecule has 0 aliphatic heterocycles. The summed E-state index contributed by atoms with van der Waals surface area (Å²) in [6, 6.07) is 6.43. The van der Waals surface area contributed by atoms with Crippen LogP contribution in [-0.4, -0.2) is 11.6 Å². The Morgan fingerprint density at radius 3 is 2.29 bits per heavy atom. The van der Waals surface area contributed by atoms with E-state index >= 15 is 0 Å². The van der Waals surface area contributed by atoms with Crippen molar-refractivity contribution in [2.45, 2.75) is 31.3 Å². The number of carbonyl (C=O) groups excluding carboxylic acids is 1. The predicted octanol–water partition coefficient (Wildman–Crippen LogP) is 1.87. The van der Waals surface area contributed by atoms with E-state index in [1.54, 1.807) is 45.0 Å². The fraction of sp³-hybridized carbons (Fsp3) is 0.364. The van der Waals surface area contributed by atoms with E-state index in [4.69, 9.17) is 4.74 Å². The van der Waals surface area contributed by atoms with Crippen LogP contribution in [0.15, 0.2) is 29.2 Å². The summed E-state index contributed by atoms with van der Waals surface area (Å²) in [6.07, 6.45) is 0. The normalized spacial score (nSPS) is 11.3. The van der Waals surface area contributed by atoms with Gasteiger partial charge in [0.2, 0.25) is 0 Å². The number of rotatable bonds is 4. The molecule has 1 aromatic carbocycles. The summed E-state index contributed by atoms with van der Waals surface area (Å²) in [5.74, 6) is -0.393. The Balaban J connectivity index is 2.64. The molecule has 0 aromatic heterocycles. The molecule has 0 saturated carbocycles. The SMILES string of the molecule is CC(C)(C)OC(=O)c1ccc(SOO[O-])cc1. The van der Waals surface area contributed by atoms with E-state index < -0.39 is 11.6 Å². The smallest absolute Gasteiger partial charge is 0.338 e. The minimum Gasteiger partial charge on any atom is -0.691 e. The van der Waals surface area contributed by atoms with Crippen molar-refractivity contribution in [3.8, 4) is 0 Å². The zero-order valence-electron chi connectivity index (χ0n) is 9.76. The third kappa shape index (κ3) is 5.18. The Morgan fingerprint density at radius 2 is 1.82 bits per heavy atom. The molecule has 0 aliphatic carbocycles. The highest BCUT2D eigenvalue weighted by Gasteiger charge is 2.17. The van der Waals surface area contributed by atoms with E-state index in [1.807, 2.05) is 0 Å². The molecule has 0 atom stereocenters. The van der Waals surface area contributed by atoms with E-state index in [1.165, 1.54) is 0 Å². The molecular weight excluding hydrogens is 244 g/mol. The van der Waals surface area contributed by atoms with Gasteiger partial charge in [0.05, 0.1) is 17.6 Å². The highest BCUT2D eigenvalue weighted by atomic mass is 32.2. The Hall–Kier alpha value is -1.08. The average Bonchev–Trinajstić information content (AvgIpc) is 2.24. The number of carbonyl (C=O) groups is 1. The van der Waals surface area contributed by atoms with Gasteiger partial charge in [0.25, 0.3) is 0 Å². The molecule has 0 N–H and O–H groups in total. The summed E-state index contributed by atoms with van der Waals surface area (Å²) >= 11 is 0.767. The summed E-state index contributed by atoms with van der Waals surface area (Å²) < 4.78 is 9.34. The molecule has 0 bridgehead atoms. The fourth-order valence-corrected chi connectivity index (χ4v) is 1.39. The quantitative estimate of drug-likeness (QED) is 0.355. The summed E-state index contributed by atoms with van der Waals surface area (Å²) in [5.41, 5.74) is -0.0865. The Kier molecular flexibility index (Phi) is 4.95. The van der Waals surface area contributed by atoms with Crippen molar-refractivity contribution in [1.29, 1.82) is 0 Å². The maximum Gasteiger partial charge on any atom is 0.338 e. The molecule has 0 amide bonds. The van der Waals surface area contributed by atoms with Gasteiger partial charge < -0.3 is 9.99 Å². The minimum atomic E-state index is -0.524. The third-order valence-electron chi connectivity index (χ3n) is 1.65. The van der Waals surface area contributed by atoms with Crippen LogP contribution in [0, 0.1) is 0 Å². The van der Waals surface area contributed by atoms with Gasteiger partial charge in [-0.25, -0.2) is 4.79 Å². The highest BCUT2D eigenvalue weighted by Crippen LogP contribution is 2.20. The first-order valence-electron chi connectivity index (χ1n) is 4.89. The van der Waals surface area contributed by atoms with Crippen LogP contribution in [0.5, 0.6) is 0 Å². The van der Waals surface area contributed by atoms with Crippen molar-refractivity contribution in [2.24, 2.45) is 0 Å². The standard InChI is InChI=1S/C11H14O5S/c1-11(2,3)14-10(12)8-4-6-9(7-5-8)17-16-15-13/h4-7,13H,1-3H3/p-1. The van der Waals surface area contributed by atoms with Crippen LogP contribution in [0.1, 0.15) is 31.1 Å². The van der Waals surface area contributed by atoms with Gasteiger partial charge in [-0.3, -0.25) is 5.04 Å². The van der Waals surface area contributed by atoms with Crippen LogP contribution >= 0.6 is 12.0 Å². The van der Waals surface area contributed by atoms with Crippen LogP contribution in [0.3, 0.4) is 0 Å². The second-order valence-corrected chi connectivity index (χ2v) is 5.02. The van der Waals surface area contributed by atoms with E-state index in [9.17, 15) is 10.1 Å². The van der Waals surface area contributed by atoms with E-state index in [0.29, 0.717) is 10.5 Å². The van der Waals surface area contributed by atoms with Crippen molar-refractivity contribution in [3.63, 3.8) is 0 Å². The van der Waals surface area contributed by atoms with Crippen LogP contribution in [0.4, 0.5) is 0 Å². The molecule has 0 spiro atoms. The molecule has 0 unspecified atom stereocenters. The van der Waals surface area contributed by atoms with Crippen LogP contribution in [0.25, 0.3) is 0 Å². The lowest BCUT2D eigenvalue weighted by Gasteiger charge is -2.19. The molecular formula is C11H13O5S-. The van der Waals surface area contributed by atoms with Crippen LogP contribution in [-0.2, 0) is 14.1 Å². The fourth-order valence-electron chi connectivity index (χ4n) is 1.04. The lowest BCUT2D eigenvalue weighted by atomic mass is 10.2. The molecule has 0 fully saturated rings. The summed E-state index contributed by atoms with van der Waals surface area (Å²) in [5, 5.41) is 12.8. The lowest BCUT2D eigenvalue weighted by Crippen LogP contribution is -2.23. The van der Waals surface area contributed by atoms with Gasteiger partial charge in [-0.1, -0.05) is 0 Å². The number of ether oxygens (including phenoxy) is 1. The number of esters is 1. The highest BCUT2D eigenvalue weighted by molar-refractivity contribution is 7.94. The van der Waals surface area contributed by atoms with E-state index in [-0.39, 0.29) is 0 Å². The number of benzene rings is 1. The predicted molar refractivity (Wildman–Crippen MR) is 59.6 cm³/mol. The van der Waals surface area contributed by atoms with Crippen LogP contribution in [0.2, 0.25) is 0 Å². The molecule has 1 aromatic rings. The van der Waals surface area contributed by atoms with Crippen molar-refractivity contribution in [3.05, 3.63) is 29.8 Å². The third-order valence-corrected chi connectivity index (χ3v) is 2.24. The molecule has 5 nitrogen and oxygen atoms in total. The van der Waals surface area contributed by atoms with Gasteiger partial charge in [0.1, 0.15) is 5.60 Å². The zero-order valence-corrected chi connectivity index (χ0v) is 10.6. The molecule has 94 valence electrons. The van der Waals surface area contributed by atoms with Gasteiger partial charge in [0.15, 0.2) is 0 Å². The lowest BCUT2D eigenvalue weighted by molar-refractivity contribution is -0.777. The first-order chi connectivity index (χ1) is 7.92. The second-order valence-electron chi connectivity index (χ2n) is 4.25. The Bertz CT molecular complexity index is 368. The largest absolute Gasteiger partial charge is 0.691 e. The second kappa shape index (κ2) is 6.02. The molecule has 0 aliphatic rings. The molecule has 6 heteroatoms. The van der Waals surface area contributed by atoms with Crippen molar-refractivity contribution in [2.75, 3.05) is 0 Å². The molecule has 0 radical (unpaired) electrons. The molecule has 17 heavy (non-hydrogen) atoms. The van der Waals surface area contributed by atoms with Gasteiger partial charge in [-0.2, -0.15) is 4.33 Å². The van der Waals surface area contributed by atoms with Crippen molar-refractivity contribution < 1.29 is 24.2 Å². The van der Waals surface area contributed by atoms with Gasteiger partial charge in [0, 0.05) is 4.90 Å². The minimum absolute atomic E-state index is 0.393. The maximum atomic E-state index is 11.7. The number of hydrogen-bond donors (Lipinski definition) is 0. The topological polar surface area (TPSA) is 67.8 Å². The van der Waals surface area contributed by atoms with E-state index in [2.05, 4.69) is 9.37 Å². The maximum absolute atomic E-state index is 11.7. The average molecular weight is 257 g/mol. The number of hydrogen-bond acceptors (Lipinski definition) is 6. The zero-order chi connectivity index (χ0) is 12.9. The molecule has 1 rings (SSSR count). The van der Waals surface area contributed by atoms with Crippen molar-refractivity contribution >= 4 is 18.0 Å². The van der Waals surface area contributed by atoms with Crippen molar-refractivity contribution in [1.82, 2.24) is 0 Å². The summed E-state index contributed by atoms with van der Waals surface area (Å²) in [7, 11) is 0. The first-order valence-corrected chi connectivity index (χ1v) is 5.63. The van der Waals surface area contributed by atoms with Gasteiger partial charge >= 0.3 is 5.97 Å². The van der Waals surface area contributed by atoms with Gasteiger partial charge in [-0.05, 0) is 45.0 Å². The summed E-state index contributed by atoms with van der Waals surface area (Å²) in [4.78, 5) is 12.3. The van der Waals surface area contributed by atoms with Gasteiger partial charge in [-0.15, -0.1) is 0 Å².